The van der Waals surface area contributed by atoms with Crippen molar-refractivity contribution in [2.45, 2.75) is 19.4 Å². The van der Waals surface area contributed by atoms with Crippen LogP contribution in [0, 0.1) is 6.92 Å². The van der Waals surface area contributed by atoms with Gasteiger partial charge in [0, 0.05) is 31.7 Å². The summed E-state index contributed by atoms with van der Waals surface area (Å²) < 4.78 is 11.1. The van der Waals surface area contributed by atoms with Gasteiger partial charge in [0.15, 0.2) is 0 Å². The number of ether oxygens (including phenoxy) is 2. The summed E-state index contributed by atoms with van der Waals surface area (Å²) in [6.07, 6.45) is 2.36. The molecule has 2 saturated heterocycles. The highest BCUT2D eigenvalue weighted by Crippen LogP contribution is 2.40. The molecule has 1 atom stereocenters. The fourth-order valence-corrected chi connectivity index (χ4v) is 4.54. The van der Waals surface area contributed by atoms with Gasteiger partial charge in [-0.2, -0.15) is 0 Å². The predicted octanol–water partition coefficient (Wildman–Crippen LogP) is 3.70. The van der Waals surface area contributed by atoms with E-state index < -0.39 is 17.7 Å². The lowest BCUT2D eigenvalue weighted by Crippen LogP contribution is -2.38. The van der Waals surface area contributed by atoms with Gasteiger partial charge in [-0.1, -0.05) is 54.6 Å². The molecule has 7 heteroatoms. The Labute approximate surface area is 206 Å². The summed E-state index contributed by atoms with van der Waals surface area (Å²) in [5.74, 6) is -0.821. The van der Waals surface area contributed by atoms with Gasteiger partial charge in [-0.15, -0.1) is 0 Å². The van der Waals surface area contributed by atoms with E-state index in [1.54, 1.807) is 23.1 Å². The van der Waals surface area contributed by atoms with Gasteiger partial charge in [-0.25, -0.2) is 0 Å². The van der Waals surface area contributed by atoms with Crippen LogP contribution in [-0.4, -0.2) is 72.6 Å². The Bertz CT molecular complexity index is 1100. The zero-order chi connectivity index (χ0) is 24.8. The molecule has 2 aromatic rings. The molecule has 0 bridgehead atoms. The van der Waals surface area contributed by atoms with Crippen LogP contribution < -0.4 is 4.74 Å². The van der Waals surface area contributed by atoms with Gasteiger partial charge in [0.2, 0.25) is 0 Å². The number of hydrogen-bond donors (Lipinski definition) is 1. The van der Waals surface area contributed by atoms with Crippen molar-refractivity contribution >= 4 is 17.4 Å². The first-order valence-corrected chi connectivity index (χ1v) is 12.0. The number of likely N-dealkylation sites (tertiary alicyclic amines) is 1. The van der Waals surface area contributed by atoms with Crippen LogP contribution in [0.15, 0.2) is 66.8 Å². The number of amides is 1. The van der Waals surface area contributed by atoms with Gasteiger partial charge in [0.25, 0.3) is 11.7 Å². The van der Waals surface area contributed by atoms with Crippen molar-refractivity contribution in [2.24, 2.45) is 0 Å². The Morgan fingerprint density at radius 2 is 1.89 bits per heavy atom. The second-order valence-electron chi connectivity index (χ2n) is 8.84. The molecule has 0 spiro atoms. The van der Waals surface area contributed by atoms with Crippen molar-refractivity contribution in [3.8, 4) is 5.75 Å². The number of Topliss-reactive ketones (excluding diaryl/α,β-unsaturated/α-hetero) is 1. The second kappa shape index (κ2) is 11.3. The van der Waals surface area contributed by atoms with Crippen LogP contribution in [-0.2, 0) is 14.3 Å². The van der Waals surface area contributed by atoms with Crippen molar-refractivity contribution < 1.29 is 24.2 Å². The summed E-state index contributed by atoms with van der Waals surface area (Å²) in [5, 5.41) is 11.2. The summed E-state index contributed by atoms with van der Waals surface area (Å²) in [6, 6.07) is 13.9. The van der Waals surface area contributed by atoms with Crippen LogP contribution in [0.2, 0.25) is 0 Å². The number of aliphatic hydroxyl groups is 1. The van der Waals surface area contributed by atoms with E-state index in [1.165, 1.54) is 0 Å². The molecule has 2 aliphatic heterocycles. The lowest BCUT2D eigenvalue weighted by molar-refractivity contribution is -0.140. The molecule has 0 aromatic heterocycles. The smallest absolute Gasteiger partial charge is 0.295 e. The minimum absolute atomic E-state index is 0.103. The summed E-state index contributed by atoms with van der Waals surface area (Å²) in [6.45, 7) is 10.3. The summed E-state index contributed by atoms with van der Waals surface area (Å²) >= 11 is 0. The van der Waals surface area contributed by atoms with E-state index in [4.69, 9.17) is 9.47 Å². The van der Waals surface area contributed by atoms with Crippen molar-refractivity contribution in [1.82, 2.24) is 9.80 Å². The molecule has 7 nitrogen and oxygen atoms in total. The van der Waals surface area contributed by atoms with Gasteiger partial charge >= 0.3 is 0 Å². The van der Waals surface area contributed by atoms with Gasteiger partial charge in [-0.3, -0.25) is 14.5 Å². The number of rotatable bonds is 9. The van der Waals surface area contributed by atoms with E-state index >= 15 is 0 Å². The topological polar surface area (TPSA) is 79.3 Å². The van der Waals surface area contributed by atoms with Crippen molar-refractivity contribution in [1.29, 1.82) is 0 Å². The SMILES string of the molecule is C=CCOc1cccc([C@@H]2C(=C(O)c3ccc(C)cc3)C(=O)C(=O)N2CCCN2CCOCC2)c1. The molecule has 1 amide bonds. The number of hydrogen-bond acceptors (Lipinski definition) is 6. The maximum absolute atomic E-state index is 13.2. The van der Waals surface area contributed by atoms with E-state index in [0.29, 0.717) is 49.7 Å². The minimum Gasteiger partial charge on any atom is -0.507 e. The standard InChI is InChI=1S/C28H32N2O5/c1-3-16-35-23-7-4-6-22(19-23)25-24(26(31)21-10-8-20(2)9-11-21)27(32)28(33)30(25)13-5-12-29-14-17-34-18-15-29/h3-4,6-11,19,25,31H,1,5,12-18H2,2H3/t25-/m1/s1. The highest BCUT2D eigenvalue weighted by Gasteiger charge is 2.45. The van der Waals surface area contributed by atoms with Gasteiger partial charge in [0.05, 0.1) is 24.8 Å². The predicted molar refractivity (Wildman–Crippen MR) is 134 cm³/mol. The zero-order valence-corrected chi connectivity index (χ0v) is 20.1. The number of carbonyl (C=O) groups is 2. The molecule has 2 heterocycles. The van der Waals surface area contributed by atoms with Crippen molar-refractivity contribution in [3.63, 3.8) is 0 Å². The fourth-order valence-electron chi connectivity index (χ4n) is 4.54. The molecule has 0 unspecified atom stereocenters. The average Bonchev–Trinajstić information content (AvgIpc) is 3.13. The van der Waals surface area contributed by atoms with Crippen LogP contribution in [0.1, 0.15) is 29.2 Å². The average molecular weight is 477 g/mol. The lowest BCUT2D eigenvalue weighted by atomic mass is 9.95. The Hall–Kier alpha value is -3.42. The fraction of sp³-hybridized carbons (Fsp3) is 0.357. The molecule has 1 N–H and O–H groups in total. The summed E-state index contributed by atoms with van der Waals surface area (Å²) in [7, 11) is 0. The van der Waals surface area contributed by atoms with E-state index in [1.807, 2.05) is 43.3 Å². The summed E-state index contributed by atoms with van der Waals surface area (Å²) in [4.78, 5) is 30.3. The molecule has 0 saturated carbocycles. The van der Waals surface area contributed by atoms with Crippen LogP contribution in [0.4, 0.5) is 0 Å². The molecule has 2 aliphatic rings. The van der Waals surface area contributed by atoms with Gasteiger partial charge < -0.3 is 19.5 Å². The molecule has 0 aliphatic carbocycles. The Morgan fingerprint density at radius 3 is 2.60 bits per heavy atom. The number of ketones is 1. The molecule has 2 fully saturated rings. The number of aliphatic hydroxyl groups excluding tert-OH is 1. The maximum atomic E-state index is 13.2. The van der Waals surface area contributed by atoms with Crippen molar-refractivity contribution in [3.05, 3.63) is 83.4 Å². The lowest BCUT2D eigenvalue weighted by Gasteiger charge is -2.29. The molecular formula is C28H32N2O5. The van der Waals surface area contributed by atoms with E-state index in [0.717, 1.165) is 25.2 Å². The third-order valence-corrected chi connectivity index (χ3v) is 6.38. The number of morpholine rings is 1. The molecule has 35 heavy (non-hydrogen) atoms. The van der Waals surface area contributed by atoms with Gasteiger partial charge in [0.1, 0.15) is 18.1 Å². The zero-order valence-electron chi connectivity index (χ0n) is 20.1. The van der Waals surface area contributed by atoms with Crippen LogP contribution in [0.5, 0.6) is 5.75 Å². The quantitative estimate of drug-likeness (QED) is 0.257. The first-order chi connectivity index (χ1) is 17.0. The number of benzene rings is 2. The Morgan fingerprint density at radius 1 is 1.14 bits per heavy atom. The van der Waals surface area contributed by atoms with Crippen molar-refractivity contribution in [2.75, 3.05) is 46.0 Å². The normalized spacial score (nSPS) is 20.3. The minimum atomic E-state index is -0.701. The van der Waals surface area contributed by atoms with Crippen LogP contribution in [0.3, 0.4) is 0 Å². The third kappa shape index (κ3) is 5.63. The molecule has 0 radical (unpaired) electrons. The molecule has 2 aromatic carbocycles. The number of carbonyl (C=O) groups excluding carboxylic acids is 2. The Kier molecular flexibility index (Phi) is 8.00. The van der Waals surface area contributed by atoms with E-state index in [2.05, 4.69) is 11.5 Å². The molecule has 184 valence electrons. The monoisotopic (exact) mass is 476 g/mol. The maximum Gasteiger partial charge on any atom is 0.295 e. The highest BCUT2D eigenvalue weighted by molar-refractivity contribution is 6.46. The highest BCUT2D eigenvalue weighted by atomic mass is 16.5. The van der Waals surface area contributed by atoms with E-state index in [9.17, 15) is 14.7 Å². The van der Waals surface area contributed by atoms with Gasteiger partial charge in [-0.05, 0) is 31.0 Å². The van der Waals surface area contributed by atoms with Crippen LogP contribution >= 0.6 is 0 Å². The largest absolute Gasteiger partial charge is 0.507 e. The first kappa shape index (κ1) is 24.7. The molecule has 4 rings (SSSR count). The summed E-state index contributed by atoms with van der Waals surface area (Å²) in [5.41, 5.74) is 2.36. The third-order valence-electron chi connectivity index (χ3n) is 6.38. The van der Waals surface area contributed by atoms with Crippen LogP contribution in [0.25, 0.3) is 5.76 Å². The van der Waals surface area contributed by atoms with E-state index in [-0.39, 0.29) is 11.3 Å². The Balaban J connectivity index is 1.68. The second-order valence-corrected chi connectivity index (χ2v) is 8.84. The molecular weight excluding hydrogens is 444 g/mol. The first-order valence-electron chi connectivity index (χ1n) is 12.0. The number of nitrogens with zero attached hydrogens (tertiary/aromatic N) is 2. The number of aryl methyl sites for hydroxylation is 1.